The van der Waals surface area contributed by atoms with Crippen LogP contribution in [0, 0.1) is 0 Å². The van der Waals surface area contributed by atoms with Gasteiger partial charge < -0.3 is 19.6 Å². The smallest absolute Gasteiger partial charge is 0.406 e. The van der Waals surface area contributed by atoms with Crippen LogP contribution in [0.3, 0.4) is 0 Å². The molecule has 0 radical (unpaired) electrons. The van der Waals surface area contributed by atoms with Crippen molar-refractivity contribution in [3.05, 3.63) is 30.0 Å². The van der Waals surface area contributed by atoms with Gasteiger partial charge in [-0.15, -0.1) is 10.2 Å². The van der Waals surface area contributed by atoms with Crippen LogP contribution in [0.5, 0.6) is 0 Å². The van der Waals surface area contributed by atoms with E-state index in [9.17, 15) is 22.8 Å². The van der Waals surface area contributed by atoms with Crippen molar-refractivity contribution < 1.29 is 27.2 Å². The van der Waals surface area contributed by atoms with Gasteiger partial charge in [-0.05, 0) is 25.0 Å². The average molecular weight is 431 g/mol. The van der Waals surface area contributed by atoms with Crippen LogP contribution in [-0.2, 0) is 22.7 Å². The second kappa shape index (κ2) is 8.89. The molecule has 29 heavy (non-hydrogen) atoms. The predicted molar refractivity (Wildman–Crippen MR) is 96.7 cm³/mol. The van der Waals surface area contributed by atoms with E-state index < -0.39 is 24.5 Å². The first-order valence-electron chi connectivity index (χ1n) is 8.94. The van der Waals surface area contributed by atoms with Crippen molar-refractivity contribution >= 4 is 23.6 Å². The van der Waals surface area contributed by atoms with Crippen molar-refractivity contribution in [2.45, 2.75) is 49.6 Å². The van der Waals surface area contributed by atoms with Crippen molar-refractivity contribution in [1.82, 2.24) is 19.7 Å². The Balaban J connectivity index is 1.67. The molecule has 8 nitrogen and oxygen atoms in total. The Morgan fingerprint density at radius 2 is 2.10 bits per heavy atom. The minimum Gasteiger partial charge on any atom is -0.467 e. The van der Waals surface area contributed by atoms with E-state index in [1.165, 1.54) is 12.3 Å². The molecule has 1 aliphatic carbocycles. The zero-order valence-corrected chi connectivity index (χ0v) is 16.2. The van der Waals surface area contributed by atoms with E-state index in [0.29, 0.717) is 15.9 Å². The van der Waals surface area contributed by atoms with Gasteiger partial charge in [0.05, 0.1) is 18.6 Å². The first kappa shape index (κ1) is 21.2. The van der Waals surface area contributed by atoms with Gasteiger partial charge >= 0.3 is 6.18 Å². The van der Waals surface area contributed by atoms with Gasteiger partial charge in [0.25, 0.3) is 0 Å². The van der Waals surface area contributed by atoms with Crippen molar-refractivity contribution in [3.8, 4) is 0 Å². The normalized spacial score (nSPS) is 14.2. The zero-order valence-electron chi connectivity index (χ0n) is 15.4. The third-order valence-corrected chi connectivity index (χ3v) is 5.20. The topological polar surface area (TPSA) is 107 Å². The molecule has 0 aliphatic heterocycles. The summed E-state index contributed by atoms with van der Waals surface area (Å²) >= 11 is 0.988. The maximum Gasteiger partial charge on any atom is 0.406 e. The van der Waals surface area contributed by atoms with Crippen LogP contribution in [0.1, 0.15) is 36.8 Å². The summed E-state index contributed by atoms with van der Waals surface area (Å²) in [5.74, 6) is -0.224. The van der Waals surface area contributed by atoms with Crippen LogP contribution in [0.25, 0.3) is 0 Å². The van der Waals surface area contributed by atoms with Gasteiger partial charge in [-0.2, -0.15) is 13.2 Å². The Labute approximate surface area is 168 Å². The maximum absolute atomic E-state index is 12.9. The van der Waals surface area contributed by atoms with Crippen LogP contribution in [-0.4, -0.2) is 50.0 Å². The number of hydrogen-bond acceptors (Lipinski definition) is 6. The molecular weight excluding hydrogens is 411 g/mol. The van der Waals surface area contributed by atoms with Crippen LogP contribution >= 0.6 is 11.8 Å². The molecule has 3 rings (SSSR count). The zero-order chi connectivity index (χ0) is 21.0. The number of alkyl halides is 3. The third kappa shape index (κ3) is 6.24. The Hall–Kier alpha value is -2.50. The number of furan rings is 1. The standard InChI is InChI=1S/C17H20F3N5O3S/c18-17(19,20)10-24(8-12-2-1-7-28-12)14(27)9-29-16-23-22-15(11-3-4-11)25(16)6-5-13(21)26/h1-2,7,11H,3-6,8-10H2,(H2,21,26). The summed E-state index contributed by atoms with van der Waals surface area (Å²) in [5.41, 5.74) is 5.21. The summed E-state index contributed by atoms with van der Waals surface area (Å²) in [5, 5.41) is 8.55. The van der Waals surface area contributed by atoms with E-state index in [4.69, 9.17) is 10.2 Å². The number of amides is 2. The van der Waals surface area contributed by atoms with Crippen LogP contribution in [0.4, 0.5) is 13.2 Å². The molecule has 2 amide bonds. The molecule has 0 spiro atoms. The fourth-order valence-electron chi connectivity index (χ4n) is 2.74. The number of thioether (sulfide) groups is 1. The molecule has 2 heterocycles. The highest BCUT2D eigenvalue weighted by Crippen LogP contribution is 2.40. The molecule has 1 aliphatic rings. The molecule has 1 fully saturated rings. The molecule has 2 aromatic heterocycles. The Morgan fingerprint density at radius 3 is 2.69 bits per heavy atom. The Bertz CT molecular complexity index is 849. The van der Waals surface area contributed by atoms with Crippen molar-refractivity contribution in [3.63, 3.8) is 0 Å². The van der Waals surface area contributed by atoms with Gasteiger partial charge in [0.2, 0.25) is 11.8 Å². The lowest BCUT2D eigenvalue weighted by Crippen LogP contribution is -2.39. The van der Waals surface area contributed by atoms with Gasteiger partial charge in [0.15, 0.2) is 5.16 Å². The third-order valence-electron chi connectivity index (χ3n) is 4.24. The number of carbonyl (C=O) groups excluding carboxylic acids is 2. The molecular formula is C17H20F3N5O3S. The Morgan fingerprint density at radius 1 is 1.34 bits per heavy atom. The SMILES string of the molecule is NC(=O)CCn1c(SCC(=O)N(Cc2ccco2)CC(F)(F)F)nnc1C1CC1. The van der Waals surface area contributed by atoms with Crippen molar-refractivity contribution in [2.75, 3.05) is 12.3 Å². The number of nitrogens with two attached hydrogens (primary N) is 1. The van der Waals surface area contributed by atoms with E-state index in [-0.39, 0.29) is 36.9 Å². The fraction of sp³-hybridized carbons (Fsp3) is 0.529. The molecule has 158 valence electrons. The molecule has 12 heteroatoms. The first-order chi connectivity index (χ1) is 13.7. The lowest BCUT2D eigenvalue weighted by atomic mass is 10.3. The second-order valence-corrected chi connectivity index (χ2v) is 7.66. The quantitative estimate of drug-likeness (QED) is 0.579. The molecule has 2 aromatic rings. The van der Waals surface area contributed by atoms with E-state index in [1.807, 2.05) is 0 Å². The highest BCUT2D eigenvalue weighted by molar-refractivity contribution is 7.99. The number of carbonyl (C=O) groups is 2. The minimum absolute atomic E-state index is 0.0813. The average Bonchev–Trinajstić information content (AvgIpc) is 3.19. The van der Waals surface area contributed by atoms with Crippen LogP contribution < -0.4 is 5.73 Å². The van der Waals surface area contributed by atoms with E-state index >= 15 is 0 Å². The first-order valence-corrected chi connectivity index (χ1v) is 9.92. The summed E-state index contributed by atoms with van der Waals surface area (Å²) in [4.78, 5) is 24.3. The summed E-state index contributed by atoms with van der Waals surface area (Å²) in [6, 6.07) is 3.05. The number of aromatic nitrogens is 3. The fourth-order valence-corrected chi connectivity index (χ4v) is 3.61. The molecule has 0 saturated heterocycles. The lowest BCUT2D eigenvalue weighted by Gasteiger charge is -2.22. The molecule has 1 saturated carbocycles. The summed E-state index contributed by atoms with van der Waals surface area (Å²) < 4.78 is 45.5. The molecule has 0 atom stereocenters. The van der Waals surface area contributed by atoms with Crippen molar-refractivity contribution in [1.29, 1.82) is 0 Å². The molecule has 0 unspecified atom stereocenters. The number of nitrogens with zero attached hydrogens (tertiary/aromatic N) is 4. The Kier molecular flexibility index (Phi) is 6.50. The predicted octanol–water partition coefficient (Wildman–Crippen LogP) is 2.31. The van der Waals surface area contributed by atoms with Gasteiger partial charge in [-0.1, -0.05) is 11.8 Å². The molecule has 0 bridgehead atoms. The van der Waals surface area contributed by atoms with E-state index in [1.54, 1.807) is 10.6 Å². The van der Waals surface area contributed by atoms with Crippen molar-refractivity contribution in [2.24, 2.45) is 5.73 Å². The summed E-state index contributed by atoms with van der Waals surface area (Å²) in [6.07, 6.45) is -1.20. The maximum atomic E-state index is 12.9. The summed E-state index contributed by atoms with van der Waals surface area (Å²) in [6.45, 7) is -1.40. The van der Waals surface area contributed by atoms with E-state index in [2.05, 4.69) is 10.2 Å². The van der Waals surface area contributed by atoms with E-state index in [0.717, 1.165) is 24.6 Å². The van der Waals surface area contributed by atoms with Gasteiger partial charge in [-0.25, -0.2) is 0 Å². The monoisotopic (exact) mass is 431 g/mol. The second-order valence-electron chi connectivity index (χ2n) is 6.72. The number of halogens is 3. The summed E-state index contributed by atoms with van der Waals surface area (Å²) in [7, 11) is 0. The van der Waals surface area contributed by atoms with Gasteiger partial charge in [0, 0.05) is 18.9 Å². The van der Waals surface area contributed by atoms with Gasteiger partial charge in [-0.3, -0.25) is 9.59 Å². The molecule has 2 N–H and O–H groups in total. The lowest BCUT2D eigenvalue weighted by molar-refractivity contribution is -0.161. The number of primary amides is 1. The highest BCUT2D eigenvalue weighted by Gasteiger charge is 2.34. The highest BCUT2D eigenvalue weighted by atomic mass is 32.2. The van der Waals surface area contributed by atoms with Crippen LogP contribution in [0.2, 0.25) is 0 Å². The molecule has 0 aromatic carbocycles. The largest absolute Gasteiger partial charge is 0.467 e. The number of rotatable bonds is 10. The number of hydrogen-bond donors (Lipinski definition) is 1. The van der Waals surface area contributed by atoms with Crippen LogP contribution in [0.15, 0.2) is 28.0 Å². The minimum atomic E-state index is -4.53. The van der Waals surface area contributed by atoms with Gasteiger partial charge in [0.1, 0.15) is 18.1 Å².